The molecule has 0 aliphatic carbocycles. The van der Waals surface area contributed by atoms with Gasteiger partial charge in [-0.3, -0.25) is 0 Å². The van der Waals surface area contributed by atoms with Crippen molar-refractivity contribution in [2.75, 3.05) is 55.0 Å². The van der Waals surface area contributed by atoms with E-state index in [4.69, 9.17) is 0 Å². The molecule has 1 aliphatic rings. The quantitative estimate of drug-likeness (QED) is 0.832. The van der Waals surface area contributed by atoms with E-state index in [2.05, 4.69) is 46.7 Å². The molecule has 22 heavy (non-hydrogen) atoms. The van der Waals surface area contributed by atoms with Gasteiger partial charge >= 0.3 is 0 Å². The van der Waals surface area contributed by atoms with Gasteiger partial charge in [-0.1, -0.05) is 0 Å². The fraction of sp³-hybridized carbons (Fsp3) is 0.400. The molecule has 0 N–H and O–H groups in total. The summed E-state index contributed by atoms with van der Waals surface area (Å²) in [6, 6.07) is 6.05. The van der Waals surface area contributed by atoms with Crippen LogP contribution in [0.3, 0.4) is 0 Å². The molecule has 0 amide bonds. The molecule has 2 aromatic heterocycles. The Morgan fingerprint density at radius 1 is 0.955 bits per heavy atom. The van der Waals surface area contributed by atoms with Gasteiger partial charge in [-0.25, -0.2) is 9.97 Å². The van der Waals surface area contributed by atoms with Gasteiger partial charge in [0, 0.05) is 57.1 Å². The minimum atomic E-state index is 0.745. The molecule has 2 aromatic rings. The molecular weight excluding hydrogens is 344 g/mol. The molecule has 1 fully saturated rings. The first-order valence-corrected chi connectivity index (χ1v) is 8.04. The highest BCUT2D eigenvalue weighted by Gasteiger charge is 2.19. The van der Waals surface area contributed by atoms with Crippen LogP contribution in [0.15, 0.2) is 35.1 Å². The molecule has 116 valence electrons. The lowest BCUT2D eigenvalue weighted by molar-refractivity contribution is 0.641. The first-order chi connectivity index (χ1) is 10.6. The van der Waals surface area contributed by atoms with Crippen molar-refractivity contribution >= 4 is 33.5 Å². The number of hydrogen-bond acceptors (Lipinski definition) is 6. The molecule has 6 nitrogen and oxygen atoms in total. The normalized spacial score (nSPS) is 15.0. The van der Waals surface area contributed by atoms with Crippen LogP contribution in [0.5, 0.6) is 0 Å². The predicted molar refractivity (Wildman–Crippen MR) is 92.7 cm³/mol. The van der Waals surface area contributed by atoms with E-state index in [9.17, 15) is 0 Å². The van der Waals surface area contributed by atoms with Crippen molar-refractivity contribution in [3.05, 3.63) is 35.1 Å². The number of aromatic nitrogens is 3. The van der Waals surface area contributed by atoms with Crippen molar-refractivity contribution in [2.45, 2.75) is 0 Å². The van der Waals surface area contributed by atoms with Gasteiger partial charge in [0.25, 0.3) is 0 Å². The second kappa shape index (κ2) is 6.48. The molecule has 0 radical (unpaired) electrons. The summed E-state index contributed by atoms with van der Waals surface area (Å²) in [6.45, 7) is 3.75. The monoisotopic (exact) mass is 362 g/mol. The molecule has 0 bridgehead atoms. The summed E-state index contributed by atoms with van der Waals surface area (Å²) < 4.78 is 1.01. The van der Waals surface area contributed by atoms with Gasteiger partial charge in [0.15, 0.2) is 0 Å². The van der Waals surface area contributed by atoms with Crippen molar-refractivity contribution in [2.24, 2.45) is 0 Å². The number of rotatable bonds is 3. The first-order valence-electron chi connectivity index (χ1n) is 7.25. The second-order valence-corrected chi connectivity index (χ2v) is 6.33. The molecule has 1 saturated heterocycles. The zero-order valence-corrected chi connectivity index (χ0v) is 14.4. The Morgan fingerprint density at radius 3 is 2.23 bits per heavy atom. The predicted octanol–water partition coefficient (Wildman–Crippen LogP) is 2.03. The number of nitrogens with zero attached hydrogens (tertiary/aromatic N) is 6. The summed E-state index contributed by atoms with van der Waals surface area (Å²) in [5.74, 6) is 2.76. The van der Waals surface area contributed by atoms with Crippen molar-refractivity contribution in [3.63, 3.8) is 0 Å². The highest BCUT2D eigenvalue weighted by Crippen LogP contribution is 2.19. The van der Waals surface area contributed by atoms with E-state index in [1.54, 1.807) is 0 Å². The molecule has 7 heteroatoms. The topological polar surface area (TPSA) is 48.4 Å². The molecular formula is C15H19BrN6. The van der Waals surface area contributed by atoms with Gasteiger partial charge in [0.1, 0.15) is 11.6 Å². The third-order valence-corrected chi connectivity index (χ3v) is 4.14. The summed E-state index contributed by atoms with van der Waals surface area (Å²) in [4.78, 5) is 19.9. The van der Waals surface area contributed by atoms with Crippen LogP contribution in [0.1, 0.15) is 0 Å². The van der Waals surface area contributed by atoms with Crippen LogP contribution >= 0.6 is 15.9 Å². The molecule has 0 spiro atoms. The fourth-order valence-corrected chi connectivity index (χ4v) is 2.69. The zero-order valence-electron chi connectivity index (χ0n) is 12.8. The number of hydrogen-bond donors (Lipinski definition) is 0. The zero-order chi connectivity index (χ0) is 15.5. The molecule has 0 aromatic carbocycles. The van der Waals surface area contributed by atoms with E-state index in [1.807, 2.05) is 43.5 Å². The van der Waals surface area contributed by atoms with Crippen LogP contribution in [0.4, 0.5) is 17.6 Å². The van der Waals surface area contributed by atoms with Crippen LogP contribution in [-0.2, 0) is 0 Å². The van der Waals surface area contributed by atoms with E-state index < -0.39 is 0 Å². The Balaban J connectivity index is 1.66. The lowest BCUT2D eigenvalue weighted by Crippen LogP contribution is -2.47. The summed E-state index contributed by atoms with van der Waals surface area (Å²) in [7, 11) is 3.91. The minimum Gasteiger partial charge on any atom is -0.353 e. The number of anilines is 3. The van der Waals surface area contributed by atoms with Crippen LogP contribution in [-0.4, -0.2) is 55.2 Å². The number of piperazine rings is 1. The van der Waals surface area contributed by atoms with E-state index >= 15 is 0 Å². The average Bonchev–Trinajstić information content (AvgIpc) is 2.56. The van der Waals surface area contributed by atoms with E-state index in [0.29, 0.717) is 0 Å². The lowest BCUT2D eigenvalue weighted by atomic mass is 10.3. The Bertz CT molecular complexity index is 622. The maximum atomic E-state index is 4.61. The molecule has 3 rings (SSSR count). The Hall–Kier alpha value is -1.89. The highest BCUT2D eigenvalue weighted by atomic mass is 79.9. The van der Waals surface area contributed by atoms with E-state index in [1.165, 1.54) is 0 Å². The fourth-order valence-electron chi connectivity index (χ4n) is 2.45. The van der Waals surface area contributed by atoms with Gasteiger partial charge in [-0.2, -0.15) is 4.98 Å². The van der Waals surface area contributed by atoms with E-state index in [0.717, 1.165) is 48.2 Å². The second-order valence-electron chi connectivity index (χ2n) is 5.42. The molecule has 0 unspecified atom stereocenters. The minimum absolute atomic E-state index is 0.745. The molecule has 0 atom stereocenters. The Morgan fingerprint density at radius 2 is 1.64 bits per heavy atom. The summed E-state index contributed by atoms with van der Waals surface area (Å²) in [5.41, 5.74) is 0. The van der Waals surface area contributed by atoms with Crippen LogP contribution < -0.4 is 14.7 Å². The first kappa shape index (κ1) is 15.0. The molecule has 1 aliphatic heterocycles. The average molecular weight is 363 g/mol. The van der Waals surface area contributed by atoms with Crippen LogP contribution in [0.25, 0.3) is 0 Å². The maximum absolute atomic E-state index is 4.61. The van der Waals surface area contributed by atoms with E-state index in [-0.39, 0.29) is 0 Å². The van der Waals surface area contributed by atoms with Gasteiger partial charge in [0.2, 0.25) is 5.95 Å². The van der Waals surface area contributed by atoms with Gasteiger partial charge in [-0.05, 0) is 34.1 Å². The Kier molecular flexibility index (Phi) is 4.42. The highest BCUT2D eigenvalue weighted by molar-refractivity contribution is 9.10. The van der Waals surface area contributed by atoms with Crippen LogP contribution in [0, 0.1) is 0 Å². The smallest absolute Gasteiger partial charge is 0.226 e. The maximum Gasteiger partial charge on any atom is 0.226 e. The molecule has 3 heterocycles. The number of pyridine rings is 1. The lowest BCUT2D eigenvalue weighted by Gasteiger charge is -2.36. The van der Waals surface area contributed by atoms with Gasteiger partial charge in [0.05, 0.1) is 0 Å². The van der Waals surface area contributed by atoms with Crippen molar-refractivity contribution in [3.8, 4) is 0 Å². The SMILES string of the molecule is CN(C)c1nccc(N2CCN(c3ccc(Br)cn3)CC2)n1. The summed E-state index contributed by atoms with van der Waals surface area (Å²) >= 11 is 3.42. The largest absolute Gasteiger partial charge is 0.353 e. The standard InChI is InChI=1S/C15H19BrN6/c1-20(2)15-17-6-5-14(19-15)22-9-7-21(8-10-22)13-4-3-12(16)11-18-13/h3-6,11H,7-10H2,1-2H3. The third-order valence-electron chi connectivity index (χ3n) is 3.67. The van der Waals surface area contributed by atoms with Crippen molar-refractivity contribution < 1.29 is 0 Å². The summed E-state index contributed by atoms with van der Waals surface area (Å²) in [6.07, 6.45) is 3.66. The number of halogens is 1. The van der Waals surface area contributed by atoms with Crippen LogP contribution in [0.2, 0.25) is 0 Å². The third kappa shape index (κ3) is 3.30. The summed E-state index contributed by atoms with van der Waals surface area (Å²) in [5, 5.41) is 0. The van der Waals surface area contributed by atoms with Crippen molar-refractivity contribution in [1.29, 1.82) is 0 Å². The van der Waals surface area contributed by atoms with Gasteiger partial charge in [-0.15, -0.1) is 0 Å². The Labute approximate surface area is 138 Å². The van der Waals surface area contributed by atoms with Crippen molar-refractivity contribution in [1.82, 2.24) is 15.0 Å². The molecule has 0 saturated carbocycles. The van der Waals surface area contributed by atoms with Gasteiger partial charge < -0.3 is 14.7 Å².